The van der Waals surface area contributed by atoms with Crippen molar-refractivity contribution in [1.82, 2.24) is 4.57 Å². The second-order valence-electron chi connectivity index (χ2n) is 4.06. The molecule has 0 amide bonds. The van der Waals surface area contributed by atoms with Gasteiger partial charge in [-0.25, -0.2) is 4.79 Å². The van der Waals surface area contributed by atoms with Crippen molar-refractivity contribution in [2.75, 3.05) is 14.2 Å². The fourth-order valence-electron chi connectivity index (χ4n) is 2.25. The van der Waals surface area contributed by atoms with Crippen LogP contribution in [0.2, 0.25) is 0 Å². The number of carboxylic acids is 1. The van der Waals surface area contributed by atoms with Gasteiger partial charge < -0.3 is 19.1 Å². The Bertz CT molecular complexity index is 581. The quantitative estimate of drug-likeness (QED) is 0.905. The summed E-state index contributed by atoms with van der Waals surface area (Å²) in [6, 6.07) is 3.59. The summed E-state index contributed by atoms with van der Waals surface area (Å²) < 4.78 is 12.1. The number of carboxylic acid groups (broad SMARTS) is 1. The highest BCUT2D eigenvalue weighted by Crippen LogP contribution is 2.35. The van der Waals surface area contributed by atoms with Crippen molar-refractivity contribution in [2.24, 2.45) is 7.05 Å². The second kappa shape index (κ2) is 4.25. The maximum Gasteiger partial charge on any atom is 0.352 e. The number of hydrogen-bond acceptors (Lipinski definition) is 3. The lowest BCUT2D eigenvalue weighted by Gasteiger charge is -2.08. The van der Waals surface area contributed by atoms with Gasteiger partial charge in [-0.1, -0.05) is 0 Å². The highest BCUT2D eigenvalue weighted by molar-refractivity contribution is 5.99. The van der Waals surface area contributed by atoms with Crippen LogP contribution in [0.1, 0.15) is 16.1 Å². The average Bonchev–Trinajstić information content (AvgIpc) is 2.59. The molecule has 0 bridgehead atoms. The Balaban J connectivity index is 2.86. The van der Waals surface area contributed by atoms with Crippen molar-refractivity contribution in [3.8, 4) is 11.5 Å². The predicted molar refractivity (Wildman–Crippen MR) is 67.7 cm³/mol. The largest absolute Gasteiger partial charge is 0.493 e. The molecule has 1 N–H and O–H groups in total. The van der Waals surface area contributed by atoms with E-state index in [1.54, 1.807) is 44.9 Å². The van der Waals surface area contributed by atoms with Gasteiger partial charge in [-0.05, 0) is 18.6 Å². The topological polar surface area (TPSA) is 60.7 Å². The minimum Gasteiger partial charge on any atom is -0.493 e. The third-order valence-corrected chi connectivity index (χ3v) is 3.16. The summed E-state index contributed by atoms with van der Waals surface area (Å²) in [4.78, 5) is 11.2. The molecule has 2 aromatic rings. The zero-order valence-electron chi connectivity index (χ0n) is 10.8. The van der Waals surface area contributed by atoms with E-state index in [0.29, 0.717) is 11.5 Å². The van der Waals surface area contributed by atoms with Crippen LogP contribution in [0.25, 0.3) is 10.9 Å². The number of benzene rings is 1. The number of aromatic nitrogens is 1. The summed E-state index contributed by atoms with van der Waals surface area (Å²) in [6.07, 6.45) is 0. The van der Waals surface area contributed by atoms with Crippen LogP contribution in [-0.4, -0.2) is 29.9 Å². The molecule has 0 spiro atoms. The normalized spacial score (nSPS) is 10.7. The van der Waals surface area contributed by atoms with Crippen molar-refractivity contribution in [3.05, 3.63) is 23.4 Å². The van der Waals surface area contributed by atoms with Gasteiger partial charge in [-0.15, -0.1) is 0 Å². The number of hydrogen-bond donors (Lipinski definition) is 1. The third kappa shape index (κ3) is 1.59. The number of fused-ring (bicyclic) bond motifs is 1. The highest BCUT2D eigenvalue weighted by atomic mass is 16.5. The maximum absolute atomic E-state index is 11.2. The summed E-state index contributed by atoms with van der Waals surface area (Å²) in [5.41, 5.74) is 1.81. The number of rotatable bonds is 3. The maximum atomic E-state index is 11.2. The monoisotopic (exact) mass is 249 g/mol. The van der Waals surface area contributed by atoms with Crippen LogP contribution in [0.5, 0.6) is 11.5 Å². The van der Waals surface area contributed by atoms with Gasteiger partial charge in [0.25, 0.3) is 0 Å². The molecular weight excluding hydrogens is 234 g/mol. The van der Waals surface area contributed by atoms with Gasteiger partial charge in [-0.2, -0.15) is 0 Å². The van der Waals surface area contributed by atoms with Crippen LogP contribution in [0.15, 0.2) is 12.1 Å². The van der Waals surface area contributed by atoms with Crippen LogP contribution >= 0.6 is 0 Å². The van der Waals surface area contributed by atoms with Gasteiger partial charge >= 0.3 is 5.97 Å². The van der Waals surface area contributed by atoms with Crippen molar-refractivity contribution in [2.45, 2.75) is 6.92 Å². The molecule has 1 heterocycles. The standard InChI is InChI=1S/C13H15NO4/c1-7-8-5-10(17-3)11(18-4)6-9(8)14(2)12(7)13(15)16/h5-6H,1-4H3,(H,15,16). The Kier molecular flexibility index (Phi) is 2.90. The van der Waals surface area contributed by atoms with E-state index in [2.05, 4.69) is 0 Å². The summed E-state index contributed by atoms with van der Waals surface area (Å²) in [7, 11) is 4.84. The zero-order valence-corrected chi connectivity index (χ0v) is 10.8. The Morgan fingerprint density at radius 2 is 1.78 bits per heavy atom. The molecule has 1 aromatic carbocycles. The molecule has 0 fully saturated rings. The fraction of sp³-hybridized carbons (Fsp3) is 0.308. The van der Waals surface area contributed by atoms with Gasteiger partial charge in [0.05, 0.1) is 19.7 Å². The van der Waals surface area contributed by atoms with Crippen LogP contribution in [0, 0.1) is 6.92 Å². The number of nitrogens with zero attached hydrogens (tertiary/aromatic N) is 1. The minimum atomic E-state index is -0.941. The third-order valence-electron chi connectivity index (χ3n) is 3.16. The second-order valence-corrected chi connectivity index (χ2v) is 4.06. The summed E-state index contributed by atoms with van der Waals surface area (Å²) in [6.45, 7) is 1.79. The first kappa shape index (κ1) is 12.3. The molecule has 18 heavy (non-hydrogen) atoms. The van der Waals surface area contributed by atoms with Gasteiger partial charge in [-0.3, -0.25) is 0 Å². The molecule has 2 rings (SSSR count). The Labute approximate surface area is 105 Å². The Hall–Kier alpha value is -2.17. The van der Waals surface area contributed by atoms with E-state index in [1.807, 2.05) is 0 Å². The first-order valence-electron chi connectivity index (χ1n) is 5.45. The lowest BCUT2D eigenvalue weighted by atomic mass is 10.1. The predicted octanol–water partition coefficient (Wildman–Crippen LogP) is 2.20. The molecule has 0 saturated heterocycles. The van der Waals surface area contributed by atoms with Gasteiger partial charge in [0, 0.05) is 18.5 Å². The SMILES string of the molecule is COc1cc2c(C)c(C(=O)O)n(C)c2cc1OC. The molecule has 0 saturated carbocycles. The molecular formula is C13H15NO4. The number of methoxy groups -OCH3 is 2. The van der Waals surface area contributed by atoms with E-state index >= 15 is 0 Å². The van der Waals surface area contributed by atoms with E-state index in [1.165, 1.54) is 0 Å². The van der Waals surface area contributed by atoms with Crippen molar-refractivity contribution in [3.63, 3.8) is 0 Å². The number of aromatic carboxylic acids is 1. The van der Waals surface area contributed by atoms with Crippen LogP contribution in [0.4, 0.5) is 0 Å². The molecule has 5 nitrogen and oxygen atoms in total. The molecule has 0 atom stereocenters. The lowest BCUT2D eigenvalue weighted by molar-refractivity contribution is 0.0686. The molecule has 0 aliphatic carbocycles. The lowest BCUT2D eigenvalue weighted by Crippen LogP contribution is -2.05. The summed E-state index contributed by atoms with van der Waals surface area (Å²) in [5, 5.41) is 10.1. The van der Waals surface area contributed by atoms with E-state index in [-0.39, 0.29) is 5.69 Å². The van der Waals surface area contributed by atoms with Crippen molar-refractivity contribution < 1.29 is 19.4 Å². The van der Waals surface area contributed by atoms with E-state index in [4.69, 9.17) is 9.47 Å². The van der Waals surface area contributed by atoms with E-state index in [9.17, 15) is 9.90 Å². The van der Waals surface area contributed by atoms with Crippen LogP contribution < -0.4 is 9.47 Å². The van der Waals surface area contributed by atoms with Crippen molar-refractivity contribution in [1.29, 1.82) is 0 Å². The van der Waals surface area contributed by atoms with Crippen molar-refractivity contribution >= 4 is 16.9 Å². The average molecular weight is 249 g/mol. The van der Waals surface area contributed by atoms with Gasteiger partial charge in [0.1, 0.15) is 5.69 Å². The molecule has 0 unspecified atom stereocenters. The van der Waals surface area contributed by atoms with E-state index in [0.717, 1.165) is 16.5 Å². The first-order valence-corrected chi connectivity index (χ1v) is 5.45. The van der Waals surface area contributed by atoms with Crippen LogP contribution in [-0.2, 0) is 7.05 Å². The van der Waals surface area contributed by atoms with E-state index < -0.39 is 5.97 Å². The fourth-order valence-corrected chi connectivity index (χ4v) is 2.25. The molecule has 5 heteroatoms. The zero-order chi connectivity index (χ0) is 13.4. The highest BCUT2D eigenvalue weighted by Gasteiger charge is 2.19. The van der Waals surface area contributed by atoms with Crippen LogP contribution in [0.3, 0.4) is 0 Å². The molecule has 96 valence electrons. The smallest absolute Gasteiger partial charge is 0.352 e. The minimum absolute atomic E-state index is 0.278. The molecule has 0 aliphatic heterocycles. The molecule has 1 aromatic heterocycles. The number of ether oxygens (including phenoxy) is 2. The Morgan fingerprint density at radius 3 is 2.28 bits per heavy atom. The van der Waals surface area contributed by atoms with Gasteiger partial charge in [0.15, 0.2) is 11.5 Å². The summed E-state index contributed by atoms with van der Waals surface area (Å²) in [5.74, 6) is 0.238. The first-order chi connectivity index (χ1) is 8.51. The number of aryl methyl sites for hydroxylation is 2. The Morgan fingerprint density at radius 1 is 1.22 bits per heavy atom. The summed E-state index contributed by atoms with van der Waals surface area (Å²) >= 11 is 0. The molecule has 0 radical (unpaired) electrons. The van der Waals surface area contributed by atoms with Gasteiger partial charge in [0.2, 0.25) is 0 Å². The number of carbonyl (C=O) groups is 1. The molecule has 0 aliphatic rings.